The molecule has 1 fully saturated rings. The predicted molar refractivity (Wildman–Crippen MR) is 99.7 cm³/mol. The second-order valence-corrected chi connectivity index (χ2v) is 7.60. The maximum Gasteiger partial charge on any atom is 0.335 e. The van der Waals surface area contributed by atoms with E-state index >= 15 is 0 Å². The molecule has 0 aliphatic carbocycles. The molecule has 1 saturated heterocycles. The van der Waals surface area contributed by atoms with Crippen molar-refractivity contribution in [2.75, 3.05) is 6.54 Å². The van der Waals surface area contributed by atoms with E-state index < -0.39 is 5.97 Å². The molecule has 1 heterocycles. The van der Waals surface area contributed by atoms with Crippen molar-refractivity contribution in [2.45, 2.75) is 58.9 Å². The monoisotopic (exact) mass is 343 g/mol. The number of carbonyl (C=O) groups excluding carboxylic acids is 1. The molecular weight excluding hydrogens is 314 g/mol. The fourth-order valence-corrected chi connectivity index (χ4v) is 3.00. The van der Waals surface area contributed by atoms with E-state index in [-0.39, 0.29) is 11.9 Å². The second kappa shape index (κ2) is 8.32. The predicted octanol–water partition coefficient (Wildman–Crippen LogP) is 4.30. The van der Waals surface area contributed by atoms with Gasteiger partial charge in [-0.2, -0.15) is 0 Å². The van der Waals surface area contributed by atoms with Crippen LogP contribution in [0.5, 0.6) is 0 Å². The van der Waals surface area contributed by atoms with Crippen LogP contribution in [0.2, 0.25) is 0 Å². The highest BCUT2D eigenvalue weighted by Gasteiger charge is 2.28. The highest BCUT2D eigenvalue weighted by molar-refractivity contribution is 5.87. The highest BCUT2D eigenvalue weighted by Crippen LogP contribution is 2.26. The Labute approximate surface area is 150 Å². The summed E-state index contributed by atoms with van der Waals surface area (Å²) in [6.45, 7) is 7.40. The molecule has 25 heavy (non-hydrogen) atoms. The molecule has 2 rings (SSSR count). The number of rotatable bonds is 8. The normalized spacial score (nSPS) is 18.3. The third kappa shape index (κ3) is 5.45. The van der Waals surface area contributed by atoms with Gasteiger partial charge < -0.3 is 10.0 Å². The first-order valence-corrected chi connectivity index (χ1v) is 9.11. The summed E-state index contributed by atoms with van der Waals surface area (Å²) in [4.78, 5) is 25.0. The van der Waals surface area contributed by atoms with Crippen molar-refractivity contribution < 1.29 is 14.7 Å². The van der Waals surface area contributed by atoms with Gasteiger partial charge in [-0.05, 0) is 42.4 Å². The van der Waals surface area contributed by atoms with Crippen LogP contribution in [0.3, 0.4) is 0 Å². The van der Waals surface area contributed by atoms with Crippen LogP contribution in [0, 0.1) is 5.41 Å². The molecular formula is C21H29NO3. The molecule has 1 unspecified atom stereocenters. The Morgan fingerprint density at radius 1 is 1.32 bits per heavy atom. The molecule has 1 aromatic rings. The van der Waals surface area contributed by atoms with Crippen LogP contribution >= 0.6 is 0 Å². The lowest BCUT2D eigenvalue weighted by Gasteiger charge is -2.24. The summed E-state index contributed by atoms with van der Waals surface area (Å²) < 4.78 is 0. The summed E-state index contributed by atoms with van der Waals surface area (Å²) >= 11 is 0. The largest absolute Gasteiger partial charge is 0.478 e. The number of amides is 1. The van der Waals surface area contributed by atoms with E-state index in [0.29, 0.717) is 23.9 Å². The van der Waals surface area contributed by atoms with Crippen LogP contribution < -0.4 is 0 Å². The van der Waals surface area contributed by atoms with Gasteiger partial charge in [0.2, 0.25) is 5.91 Å². The van der Waals surface area contributed by atoms with E-state index in [1.807, 2.05) is 17.0 Å². The fourth-order valence-electron chi connectivity index (χ4n) is 3.00. The summed E-state index contributed by atoms with van der Waals surface area (Å²) in [7, 11) is 0. The van der Waals surface area contributed by atoms with Crippen molar-refractivity contribution in [1.29, 1.82) is 0 Å². The zero-order chi connectivity index (χ0) is 18.4. The molecule has 4 heteroatoms. The van der Waals surface area contributed by atoms with Crippen LogP contribution in [0.1, 0.15) is 62.4 Å². The van der Waals surface area contributed by atoms with Crippen LogP contribution in [0.4, 0.5) is 0 Å². The topological polar surface area (TPSA) is 57.6 Å². The Bertz CT molecular complexity index is 631. The van der Waals surface area contributed by atoms with Gasteiger partial charge in [0.1, 0.15) is 0 Å². The van der Waals surface area contributed by atoms with E-state index in [4.69, 9.17) is 5.11 Å². The van der Waals surface area contributed by atoms with Crippen molar-refractivity contribution >= 4 is 11.9 Å². The van der Waals surface area contributed by atoms with Gasteiger partial charge in [-0.1, -0.05) is 51.5 Å². The highest BCUT2D eigenvalue weighted by atomic mass is 16.4. The Kier molecular flexibility index (Phi) is 6.40. The first kappa shape index (κ1) is 19.2. The third-order valence-electron chi connectivity index (χ3n) is 5.20. The number of likely N-dealkylation sites (tertiary alicyclic amines) is 1. The molecule has 0 aromatic heterocycles. The van der Waals surface area contributed by atoms with Crippen LogP contribution in [0.25, 0.3) is 0 Å². The number of carboxylic acid groups (broad SMARTS) is 1. The number of hydrogen-bond donors (Lipinski definition) is 1. The Morgan fingerprint density at radius 3 is 2.60 bits per heavy atom. The fraction of sp³-hybridized carbons (Fsp3) is 0.524. The number of carboxylic acids is 1. The Morgan fingerprint density at radius 2 is 2.00 bits per heavy atom. The van der Waals surface area contributed by atoms with Crippen molar-refractivity contribution in [3.63, 3.8) is 0 Å². The van der Waals surface area contributed by atoms with Gasteiger partial charge >= 0.3 is 5.97 Å². The number of allylic oxidation sites excluding steroid dienone is 1. The first-order chi connectivity index (χ1) is 11.8. The average molecular weight is 343 g/mol. The van der Waals surface area contributed by atoms with Crippen molar-refractivity contribution in [3.8, 4) is 0 Å². The first-order valence-electron chi connectivity index (χ1n) is 9.11. The van der Waals surface area contributed by atoms with Gasteiger partial charge in [-0.3, -0.25) is 4.79 Å². The standard InChI is InChI=1S/C21H29NO3/c1-4-21(2,3)14-5-6-18-11-12-19(23)22(18)15-13-16-7-9-17(10-8-16)20(24)25/h5-10,18H,4,11-15H2,1-3H3,(H,24,25)/b6-5+. The van der Waals surface area contributed by atoms with Crippen molar-refractivity contribution in [3.05, 3.63) is 47.5 Å². The van der Waals surface area contributed by atoms with E-state index in [1.165, 1.54) is 0 Å². The minimum Gasteiger partial charge on any atom is -0.478 e. The molecule has 0 spiro atoms. The molecule has 1 aliphatic heterocycles. The van der Waals surface area contributed by atoms with Crippen molar-refractivity contribution in [1.82, 2.24) is 4.90 Å². The molecule has 1 aliphatic rings. The van der Waals surface area contributed by atoms with Gasteiger partial charge in [0.25, 0.3) is 0 Å². The molecule has 0 radical (unpaired) electrons. The number of nitrogens with zero attached hydrogens (tertiary/aromatic N) is 1. The number of carbonyl (C=O) groups is 2. The number of hydrogen-bond acceptors (Lipinski definition) is 2. The quantitative estimate of drug-likeness (QED) is 0.716. The maximum absolute atomic E-state index is 12.2. The second-order valence-electron chi connectivity index (χ2n) is 7.60. The smallest absolute Gasteiger partial charge is 0.335 e. The van der Waals surface area contributed by atoms with E-state index in [2.05, 4.69) is 32.9 Å². The van der Waals surface area contributed by atoms with Crippen LogP contribution in [-0.2, 0) is 11.2 Å². The van der Waals surface area contributed by atoms with Gasteiger partial charge in [-0.25, -0.2) is 4.79 Å². The lowest BCUT2D eigenvalue weighted by Crippen LogP contribution is -2.33. The summed E-state index contributed by atoms with van der Waals surface area (Å²) in [6, 6.07) is 7.09. The zero-order valence-electron chi connectivity index (χ0n) is 15.5. The molecule has 1 atom stereocenters. The Balaban J connectivity index is 1.93. The van der Waals surface area contributed by atoms with Crippen LogP contribution in [-0.4, -0.2) is 34.5 Å². The molecule has 1 amide bonds. The lowest BCUT2D eigenvalue weighted by molar-refractivity contribution is -0.128. The summed E-state index contributed by atoms with van der Waals surface area (Å²) in [5.41, 5.74) is 1.65. The zero-order valence-corrected chi connectivity index (χ0v) is 15.5. The molecule has 1 aromatic carbocycles. The van der Waals surface area contributed by atoms with E-state index in [1.54, 1.807) is 12.1 Å². The third-order valence-corrected chi connectivity index (χ3v) is 5.20. The van der Waals surface area contributed by atoms with E-state index in [9.17, 15) is 9.59 Å². The molecule has 1 N–H and O–H groups in total. The molecule has 0 saturated carbocycles. The minimum atomic E-state index is -0.915. The van der Waals surface area contributed by atoms with Gasteiger partial charge in [0.05, 0.1) is 11.6 Å². The van der Waals surface area contributed by atoms with Gasteiger partial charge in [0, 0.05) is 13.0 Å². The summed E-state index contributed by atoms with van der Waals surface area (Å²) in [6.07, 6.45) is 8.83. The van der Waals surface area contributed by atoms with E-state index in [0.717, 1.165) is 31.2 Å². The summed E-state index contributed by atoms with van der Waals surface area (Å²) in [5.74, 6) is -0.701. The van der Waals surface area contributed by atoms with Gasteiger partial charge in [-0.15, -0.1) is 0 Å². The summed E-state index contributed by atoms with van der Waals surface area (Å²) in [5, 5.41) is 8.94. The molecule has 136 valence electrons. The SMILES string of the molecule is CCC(C)(C)C/C=C/C1CCC(=O)N1CCc1ccc(C(=O)O)cc1. The number of benzene rings is 1. The molecule has 4 nitrogen and oxygen atoms in total. The maximum atomic E-state index is 12.2. The molecule has 0 bridgehead atoms. The Hall–Kier alpha value is -2.10. The minimum absolute atomic E-state index is 0.193. The number of aromatic carboxylic acids is 1. The average Bonchev–Trinajstić information content (AvgIpc) is 2.93. The van der Waals surface area contributed by atoms with Crippen molar-refractivity contribution in [2.24, 2.45) is 5.41 Å². The lowest BCUT2D eigenvalue weighted by atomic mass is 9.86. The van der Waals surface area contributed by atoms with Crippen LogP contribution in [0.15, 0.2) is 36.4 Å². The van der Waals surface area contributed by atoms with Gasteiger partial charge in [0.15, 0.2) is 0 Å².